The van der Waals surface area contributed by atoms with Crippen LogP contribution in [0.2, 0.25) is 0 Å². The highest BCUT2D eigenvalue weighted by atomic mass is 16.5. The van der Waals surface area contributed by atoms with Gasteiger partial charge in [-0.05, 0) is 38.0 Å². The molecule has 0 aliphatic rings. The molecule has 0 spiro atoms. The first kappa shape index (κ1) is 24.4. The van der Waals surface area contributed by atoms with E-state index in [1.807, 2.05) is 75.2 Å². The van der Waals surface area contributed by atoms with Gasteiger partial charge >= 0.3 is 0 Å². The quantitative estimate of drug-likeness (QED) is 0.490. The number of aromatic nitrogens is 1. The Hall–Kier alpha value is -3.28. The van der Waals surface area contributed by atoms with Crippen molar-refractivity contribution in [3.8, 4) is 5.75 Å². The molecule has 0 radical (unpaired) electrons. The van der Waals surface area contributed by atoms with E-state index in [0.29, 0.717) is 19.5 Å². The maximum atomic E-state index is 13.5. The highest BCUT2D eigenvalue weighted by molar-refractivity contribution is 5.86. The number of hydrogen-bond donors (Lipinski definition) is 1. The molecule has 0 unspecified atom stereocenters. The van der Waals surface area contributed by atoms with Crippen molar-refractivity contribution in [3.05, 3.63) is 65.9 Å². The smallest absolute Gasteiger partial charge is 0.242 e. The van der Waals surface area contributed by atoms with Crippen LogP contribution in [-0.4, -0.2) is 52.8 Å². The highest BCUT2D eigenvalue weighted by Crippen LogP contribution is 2.22. The number of nitrogens with one attached hydrogen (secondary N) is 1. The molecule has 0 fully saturated rings. The van der Waals surface area contributed by atoms with E-state index in [1.54, 1.807) is 12.0 Å². The van der Waals surface area contributed by atoms with Gasteiger partial charge in [-0.1, -0.05) is 50.2 Å². The van der Waals surface area contributed by atoms with Crippen LogP contribution in [0.1, 0.15) is 38.8 Å². The summed E-state index contributed by atoms with van der Waals surface area (Å²) in [5.74, 6) is 0.520. The molecule has 0 saturated heterocycles. The molecule has 6 nitrogen and oxygen atoms in total. The summed E-state index contributed by atoms with van der Waals surface area (Å²) < 4.78 is 5.52. The first-order valence-electron chi connectivity index (χ1n) is 11.6. The van der Waals surface area contributed by atoms with Crippen LogP contribution in [0.25, 0.3) is 10.9 Å². The molecule has 1 heterocycles. The lowest BCUT2D eigenvalue weighted by atomic mass is 10.1. The summed E-state index contributed by atoms with van der Waals surface area (Å²) in [6.45, 7) is 8.66. The van der Waals surface area contributed by atoms with E-state index in [0.717, 1.165) is 16.8 Å². The van der Waals surface area contributed by atoms with Crippen LogP contribution in [0, 0.1) is 5.92 Å². The van der Waals surface area contributed by atoms with Gasteiger partial charge in [0.2, 0.25) is 11.8 Å². The van der Waals surface area contributed by atoms with Crippen molar-refractivity contribution in [2.75, 3.05) is 20.2 Å². The first-order chi connectivity index (χ1) is 15.8. The van der Waals surface area contributed by atoms with Gasteiger partial charge in [0.15, 0.2) is 0 Å². The van der Waals surface area contributed by atoms with Crippen LogP contribution >= 0.6 is 0 Å². The van der Waals surface area contributed by atoms with Gasteiger partial charge in [-0.2, -0.15) is 0 Å². The van der Waals surface area contributed by atoms with Crippen molar-refractivity contribution in [2.45, 2.75) is 46.7 Å². The number of para-hydroxylation sites is 2. The van der Waals surface area contributed by atoms with E-state index in [9.17, 15) is 9.59 Å². The summed E-state index contributed by atoms with van der Waals surface area (Å²) in [5, 5.41) is 1.17. The predicted octanol–water partition coefficient (Wildman–Crippen LogP) is 4.64. The second kappa shape index (κ2) is 11.0. The fourth-order valence-corrected chi connectivity index (χ4v) is 4.02. The number of amides is 2. The van der Waals surface area contributed by atoms with Gasteiger partial charge < -0.3 is 19.5 Å². The number of methoxy groups -OCH3 is 1. The number of nitrogens with zero attached hydrogens (tertiary/aromatic N) is 2. The van der Waals surface area contributed by atoms with Gasteiger partial charge in [-0.3, -0.25) is 9.59 Å². The third kappa shape index (κ3) is 5.95. The third-order valence-electron chi connectivity index (χ3n) is 5.94. The van der Waals surface area contributed by atoms with Crippen LogP contribution in [0.4, 0.5) is 0 Å². The van der Waals surface area contributed by atoms with Crippen LogP contribution in [-0.2, 0) is 22.6 Å². The molecule has 3 aromatic rings. The summed E-state index contributed by atoms with van der Waals surface area (Å²) in [6.07, 6.45) is 2.73. The minimum absolute atomic E-state index is 0.00720. The average molecular weight is 450 g/mol. The number of benzene rings is 2. The van der Waals surface area contributed by atoms with E-state index in [-0.39, 0.29) is 30.3 Å². The number of hydrogen-bond acceptors (Lipinski definition) is 3. The molecular formula is C27H35N3O3. The normalized spacial score (nSPS) is 11.2. The molecule has 0 saturated carbocycles. The van der Waals surface area contributed by atoms with E-state index in [1.165, 1.54) is 10.9 Å². The van der Waals surface area contributed by atoms with Gasteiger partial charge in [0, 0.05) is 47.7 Å². The summed E-state index contributed by atoms with van der Waals surface area (Å²) in [4.78, 5) is 33.0. The monoisotopic (exact) mass is 449 g/mol. The molecule has 176 valence electrons. The Morgan fingerprint density at radius 3 is 2.36 bits per heavy atom. The number of rotatable bonds is 10. The second-order valence-electron chi connectivity index (χ2n) is 8.95. The molecule has 0 bridgehead atoms. The molecule has 2 amide bonds. The van der Waals surface area contributed by atoms with E-state index in [2.05, 4.69) is 17.1 Å². The maximum Gasteiger partial charge on any atom is 0.242 e. The van der Waals surface area contributed by atoms with Gasteiger partial charge in [0.25, 0.3) is 0 Å². The second-order valence-corrected chi connectivity index (χ2v) is 8.95. The minimum Gasteiger partial charge on any atom is -0.496 e. The molecule has 33 heavy (non-hydrogen) atoms. The van der Waals surface area contributed by atoms with E-state index < -0.39 is 0 Å². The predicted molar refractivity (Wildman–Crippen MR) is 132 cm³/mol. The molecule has 2 aromatic carbocycles. The number of ether oxygens (including phenoxy) is 1. The molecule has 1 N–H and O–H groups in total. The van der Waals surface area contributed by atoms with Gasteiger partial charge in [-0.15, -0.1) is 0 Å². The first-order valence-corrected chi connectivity index (χ1v) is 11.6. The van der Waals surface area contributed by atoms with Gasteiger partial charge in [0.05, 0.1) is 13.7 Å². The van der Waals surface area contributed by atoms with Crippen molar-refractivity contribution in [1.29, 1.82) is 0 Å². The van der Waals surface area contributed by atoms with Crippen LogP contribution in [0.3, 0.4) is 0 Å². The number of carbonyl (C=O) groups is 2. The third-order valence-corrected chi connectivity index (χ3v) is 5.94. The topological polar surface area (TPSA) is 65.6 Å². The van der Waals surface area contributed by atoms with Crippen LogP contribution in [0.5, 0.6) is 5.75 Å². The number of aromatic amines is 1. The van der Waals surface area contributed by atoms with Crippen LogP contribution in [0.15, 0.2) is 54.7 Å². The van der Waals surface area contributed by atoms with Gasteiger partial charge in [0.1, 0.15) is 5.75 Å². The lowest BCUT2D eigenvalue weighted by Gasteiger charge is -2.31. The fraction of sp³-hybridized carbons (Fsp3) is 0.407. The Morgan fingerprint density at radius 2 is 1.67 bits per heavy atom. The minimum atomic E-state index is -0.158. The molecular weight excluding hydrogens is 414 g/mol. The SMILES string of the molecule is COc1ccccc1CN(CCc1c[nH]c2ccccc12)C(=O)CN(C(=O)C(C)C)C(C)C. The largest absolute Gasteiger partial charge is 0.496 e. The number of fused-ring (bicyclic) bond motifs is 1. The molecule has 6 heteroatoms. The van der Waals surface area contributed by atoms with Crippen molar-refractivity contribution in [1.82, 2.24) is 14.8 Å². The molecule has 0 aliphatic carbocycles. The van der Waals surface area contributed by atoms with Crippen molar-refractivity contribution >= 4 is 22.7 Å². The van der Waals surface area contributed by atoms with Gasteiger partial charge in [-0.25, -0.2) is 0 Å². The average Bonchev–Trinajstić information content (AvgIpc) is 3.22. The Labute approximate surface area is 196 Å². The Morgan fingerprint density at radius 1 is 0.970 bits per heavy atom. The van der Waals surface area contributed by atoms with E-state index in [4.69, 9.17) is 4.74 Å². The molecule has 1 aromatic heterocycles. The standard InChI is InChI=1S/C27H35N3O3/c1-19(2)27(32)30(20(3)4)18-26(31)29(17-22-10-6-9-13-25(22)33-5)15-14-21-16-28-24-12-8-7-11-23(21)24/h6-13,16,19-20,28H,14-15,17-18H2,1-5H3. The molecule has 0 aliphatic heterocycles. The van der Waals surface area contributed by atoms with Crippen molar-refractivity contribution in [3.63, 3.8) is 0 Å². The molecule has 0 atom stereocenters. The summed E-state index contributed by atoms with van der Waals surface area (Å²) in [5.41, 5.74) is 3.20. The van der Waals surface area contributed by atoms with Crippen molar-refractivity contribution < 1.29 is 14.3 Å². The van der Waals surface area contributed by atoms with Crippen LogP contribution < -0.4 is 4.74 Å². The summed E-state index contributed by atoms with van der Waals surface area (Å²) in [6, 6.07) is 15.9. The zero-order chi connectivity index (χ0) is 24.0. The summed E-state index contributed by atoms with van der Waals surface area (Å²) >= 11 is 0. The lowest BCUT2D eigenvalue weighted by molar-refractivity contribution is -0.144. The Balaban J connectivity index is 1.83. The number of H-pyrrole nitrogens is 1. The highest BCUT2D eigenvalue weighted by Gasteiger charge is 2.25. The number of carbonyl (C=O) groups excluding carboxylic acids is 2. The Bertz CT molecular complexity index is 1090. The lowest BCUT2D eigenvalue weighted by Crippen LogP contribution is -2.47. The van der Waals surface area contributed by atoms with Crippen molar-refractivity contribution in [2.24, 2.45) is 5.92 Å². The molecule has 3 rings (SSSR count). The zero-order valence-electron chi connectivity index (χ0n) is 20.3. The Kier molecular flexibility index (Phi) is 8.15. The summed E-state index contributed by atoms with van der Waals surface area (Å²) in [7, 11) is 1.64. The van der Waals surface area contributed by atoms with E-state index >= 15 is 0 Å². The zero-order valence-corrected chi connectivity index (χ0v) is 20.3. The maximum absolute atomic E-state index is 13.5. The fourth-order valence-electron chi connectivity index (χ4n) is 4.02.